The lowest BCUT2D eigenvalue weighted by Gasteiger charge is -2.09. The molecule has 2 nitrogen and oxygen atoms in total. The Bertz CT molecular complexity index is 794. The zero-order valence-corrected chi connectivity index (χ0v) is 12.5. The summed E-state index contributed by atoms with van der Waals surface area (Å²) in [6, 6.07) is 21.5. The maximum Gasteiger partial charge on any atom is 0.167 e. The van der Waals surface area contributed by atoms with Crippen molar-refractivity contribution >= 4 is 5.78 Å². The van der Waals surface area contributed by atoms with Crippen LogP contribution in [-0.4, -0.2) is 10.8 Å². The molecule has 3 rings (SSSR count). The Balaban J connectivity index is 1.92. The first-order valence-corrected chi connectivity index (χ1v) is 7.33. The predicted octanol–water partition coefficient (Wildman–Crippen LogP) is 4.48. The van der Waals surface area contributed by atoms with Gasteiger partial charge in [-0.1, -0.05) is 54.1 Å². The molecule has 0 bridgehead atoms. The second kappa shape index (κ2) is 6.35. The Kier molecular flexibility index (Phi) is 4.10. The Hall–Kier alpha value is -2.74. The van der Waals surface area contributed by atoms with Gasteiger partial charge < -0.3 is 0 Å². The van der Waals surface area contributed by atoms with Crippen molar-refractivity contribution in [2.45, 2.75) is 13.3 Å². The predicted molar refractivity (Wildman–Crippen MR) is 88.9 cm³/mol. The van der Waals surface area contributed by atoms with E-state index in [2.05, 4.69) is 4.98 Å². The van der Waals surface area contributed by atoms with Gasteiger partial charge in [-0.2, -0.15) is 0 Å². The third kappa shape index (κ3) is 3.12. The van der Waals surface area contributed by atoms with Gasteiger partial charge >= 0.3 is 0 Å². The summed E-state index contributed by atoms with van der Waals surface area (Å²) in [6.45, 7) is 2.00. The van der Waals surface area contributed by atoms with Crippen LogP contribution in [0.4, 0.5) is 0 Å². The van der Waals surface area contributed by atoms with Gasteiger partial charge in [0.25, 0.3) is 0 Å². The molecule has 0 spiro atoms. The standard InChI is InChI=1S/C20H17NO/c1-15-7-6-9-17(13-15)20(22)14-16-8-2-3-10-18(16)19-11-4-5-12-21-19/h2-13H,14H2,1H3. The molecule has 0 radical (unpaired) electrons. The molecule has 3 aromatic rings. The SMILES string of the molecule is Cc1cccc(C(=O)Cc2ccccc2-c2ccccn2)c1. The highest BCUT2D eigenvalue weighted by Gasteiger charge is 2.11. The molecular weight excluding hydrogens is 270 g/mol. The zero-order valence-electron chi connectivity index (χ0n) is 12.5. The van der Waals surface area contributed by atoms with E-state index in [0.717, 1.165) is 27.9 Å². The molecular formula is C20H17NO. The van der Waals surface area contributed by atoms with Crippen molar-refractivity contribution < 1.29 is 4.79 Å². The number of hydrogen-bond donors (Lipinski definition) is 0. The molecule has 1 heterocycles. The van der Waals surface area contributed by atoms with Crippen molar-refractivity contribution in [2.24, 2.45) is 0 Å². The minimum atomic E-state index is 0.132. The molecule has 0 unspecified atom stereocenters. The Morgan fingerprint density at radius 2 is 1.77 bits per heavy atom. The van der Waals surface area contributed by atoms with Crippen LogP contribution in [0, 0.1) is 6.92 Å². The summed E-state index contributed by atoms with van der Waals surface area (Å²) in [6.07, 6.45) is 2.16. The number of ketones is 1. The van der Waals surface area contributed by atoms with Crippen molar-refractivity contribution in [3.63, 3.8) is 0 Å². The van der Waals surface area contributed by atoms with E-state index in [9.17, 15) is 4.79 Å². The van der Waals surface area contributed by atoms with Crippen LogP contribution < -0.4 is 0 Å². The quantitative estimate of drug-likeness (QED) is 0.662. The van der Waals surface area contributed by atoms with Gasteiger partial charge in [-0.3, -0.25) is 9.78 Å². The molecule has 2 heteroatoms. The summed E-state index contributed by atoms with van der Waals surface area (Å²) in [5.41, 5.74) is 4.78. The number of aromatic nitrogens is 1. The van der Waals surface area contributed by atoms with Gasteiger partial charge in [-0.15, -0.1) is 0 Å². The number of hydrogen-bond acceptors (Lipinski definition) is 2. The topological polar surface area (TPSA) is 30.0 Å². The Morgan fingerprint density at radius 3 is 2.55 bits per heavy atom. The number of aryl methyl sites for hydroxylation is 1. The summed E-state index contributed by atoms with van der Waals surface area (Å²) in [5, 5.41) is 0. The normalized spacial score (nSPS) is 10.4. The van der Waals surface area contributed by atoms with E-state index in [-0.39, 0.29) is 5.78 Å². The van der Waals surface area contributed by atoms with Crippen molar-refractivity contribution in [1.29, 1.82) is 0 Å². The molecule has 1 aromatic heterocycles. The zero-order chi connectivity index (χ0) is 15.4. The number of carbonyl (C=O) groups excluding carboxylic acids is 1. The van der Waals surface area contributed by atoms with E-state index >= 15 is 0 Å². The van der Waals surface area contributed by atoms with E-state index in [1.807, 2.05) is 73.7 Å². The number of nitrogens with zero attached hydrogens (tertiary/aromatic N) is 1. The summed E-state index contributed by atoms with van der Waals surface area (Å²) >= 11 is 0. The van der Waals surface area contributed by atoms with Crippen LogP contribution in [-0.2, 0) is 6.42 Å². The maximum absolute atomic E-state index is 12.5. The number of pyridine rings is 1. The van der Waals surface area contributed by atoms with Crippen LogP contribution in [0.1, 0.15) is 21.5 Å². The molecule has 0 amide bonds. The van der Waals surface area contributed by atoms with E-state index < -0.39 is 0 Å². The van der Waals surface area contributed by atoms with Crippen LogP contribution in [0.2, 0.25) is 0 Å². The smallest absolute Gasteiger partial charge is 0.167 e. The van der Waals surface area contributed by atoms with E-state index in [4.69, 9.17) is 0 Å². The Morgan fingerprint density at radius 1 is 0.955 bits per heavy atom. The molecule has 108 valence electrons. The van der Waals surface area contributed by atoms with Crippen molar-refractivity contribution in [1.82, 2.24) is 4.98 Å². The van der Waals surface area contributed by atoms with Crippen LogP contribution in [0.15, 0.2) is 72.9 Å². The fraction of sp³-hybridized carbons (Fsp3) is 0.100. The highest BCUT2D eigenvalue weighted by molar-refractivity contribution is 5.98. The molecule has 0 atom stereocenters. The number of rotatable bonds is 4. The first-order valence-electron chi connectivity index (χ1n) is 7.33. The largest absolute Gasteiger partial charge is 0.294 e. The van der Waals surface area contributed by atoms with Gasteiger partial charge in [0, 0.05) is 23.7 Å². The molecule has 0 saturated carbocycles. The average Bonchev–Trinajstić information content (AvgIpc) is 2.56. The summed E-state index contributed by atoms with van der Waals surface area (Å²) in [7, 11) is 0. The highest BCUT2D eigenvalue weighted by Crippen LogP contribution is 2.23. The Labute approximate surface area is 130 Å². The molecule has 0 aliphatic heterocycles. The molecule has 0 saturated heterocycles. The molecule has 2 aromatic carbocycles. The fourth-order valence-electron chi connectivity index (χ4n) is 2.54. The van der Waals surface area contributed by atoms with Crippen LogP contribution in [0.5, 0.6) is 0 Å². The molecule has 0 N–H and O–H groups in total. The molecule has 22 heavy (non-hydrogen) atoms. The third-order valence-electron chi connectivity index (χ3n) is 3.65. The van der Waals surface area contributed by atoms with Crippen molar-refractivity contribution in [2.75, 3.05) is 0 Å². The second-order valence-electron chi connectivity index (χ2n) is 5.34. The maximum atomic E-state index is 12.5. The van der Waals surface area contributed by atoms with Crippen molar-refractivity contribution in [3.8, 4) is 11.3 Å². The fourth-order valence-corrected chi connectivity index (χ4v) is 2.54. The highest BCUT2D eigenvalue weighted by atomic mass is 16.1. The summed E-state index contributed by atoms with van der Waals surface area (Å²) in [5.74, 6) is 0.132. The number of Topliss-reactive ketones (excluding diaryl/α,β-unsaturated/α-hetero) is 1. The second-order valence-corrected chi connectivity index (χ2v) is 5.34. The first kappa shape index (κ1) is 14.2. The molecule has 0 fully saturated rings. The lowest BCUT2D eigenvalue weighted by Crippen LogP contribution is -2.05. The number of carbonyl (C=O) groups is 1. The van der Waals surface area contributed by atoms with Crippen LogP contribution >= 0.6 is 0 Å². The van der Waals surface area contributed by atoms with Gasteiger partial charge in [0.05, 0.1) is 5.69 Å². The van der Waals surface area contributed by atoms with E-state index in [0.29, 0.717) is 6.42 Å². The van der Waals surface area contributed by atoms with Crippen molar-refractivity contribution in [3.05, 3.63) is 89.6 Å². The van der Waals surface area contributed by atoms with Crippen LogP contribution in [0.3, 0.4) is 0 Å². The van der Waals surface area contributed by atoms with Gasteiger partial charge in [0.2, 0.25) is 0 Å². The third-order valence-corrected chi connectivity index (χ3v) is 3.65. The lowest BCUT2D eigenvalue weighted by atomic mass is 9.96. The van der Waals surface area contributed by atoms with Gasteiger partial charge in [0.1, 0.15) is 0 Å². The molecule has 0 aliphatic carbocycles. The lowest BCUT2D eigenvalue weighted by molar-refractivity contribution is 0.0993. The van der Waals surface area contributed by atoms with Gasteiger partial charge in [-0.05, 0) is 30.7 Å². The summed E-state index contributed by atoms with van der Waals surface area (Å²) < 4.78 is 0. The van der Waals surface area contributed by atoms with E-state index in [1.165, 1.54) is 0 Å². The minimum absolute atomic E-state index is 0.132. The molecule has 0 aliphatic rings. The van der Waals surface area contributed by atoms with Gasteiger partial charge in [-0.25, -0.2) is 0 Å². The average molecular weight is 287 g/mol. The monoisotopic (exact) mass is 287 g/mol. The number of benzene rings is 2. The first-order chi connectivity index (χ1) is 10.7. The van der Waals surface area contributed by atoms with Gasteiger partial charge in [0.15, 0.2) is 5.78 Å². The minimum Gasteiger partial charge on any atom is -0.294 e. The summed E-state index contributed by atoms with van der Waals surface area (Å²) in [4.78, 5) is 16.9. The van der Waals surface area contributed by atoms with E-state index in [1.54, 1.807) is 6.20 Å². The van der Waals surface area contributed by atoms with Crippen LogP contribution in [0.25, 0.3) is 11.3 Å².